The highest BCUT2D eigenvalue weighted by Crippen LogP contribution is 2.10. The molecule has 5 heteroatoms. The van der Waals surface area contributed by atoms with E-state index in [-0.39, 0.29) is 5.91 Å². The first-order valence-corrected chi connectivity index (χ1v) is 6.71. The number of amides is 1. The van der Waals surface area contributed by atoms with Crippen molar-refractivity contribution in [3.63, 3.8) is 0 Å². The minimum absolute atomic E-state index is 0.323. The van der Waals surface area contributed by atoms with Crippen molar-refractivity contribution in [3.8, 4) is 0 Å². The summed E-state index contributed by atoms with van der Waals surface area (Å²) in [6.45, 7) is 3.62. The highest BCUT2D eigenvalue weighted by Gasteiger charge is 2.21. The SMILES string of the molecule is C=CCCC[C@@H](NC(=O)c1ccc(Cl)cc1)C(=O)OC. The number of unbranched alkanes of at least 4 members (excludes halogenated alkanes) is 1. The van der Waals surface area contributed by atoms with E-state index in [2.05, 4.69) is 11.9 Å². The molecule has 0 unspecified atom stereocenters. The van der Waals surface area contributed by atoms with Crippen molar-refractivity contribution in [3.05, 3.63) is 47.5 Å². The summed E-state index contributed by atoms with van der Waals surface area (Å²) in [4.78, 5) is 23.7. The molecule has 0 heterocycles. The van der Waals surface area contributed by atoms with Crippen molar-refractivity contribution < 1.29 is 14.3 Å². The Kier molecular flexibility index (Phi) is 6.81. The van der Waals surface area contributed by atoms with E-state index >= 15 is 0 Å². The Hall–Kier alpha value is -1.81. The molecule has 0 aliphatic heterocycles. The van der Waals surface area contributed by atoms with Crippen molar-refractivity contribution >= 4 is 23.5 Å². The number of methoxy groups -OCH3 is 1. The van der Waals surface area contributed by atoms with Crippen LogP contribution < -0.4 is 5.32 Å². The van der Waals surface area contributed by atoms with Gasteiger partial charge in [-0.25, -0.2) is 4.79 Å². The van der Waals surface area contributed by atoms with Crippen LogP contribution in [0.1, 0.15) is 29.6 Å². The van der Waals surface area contributed by atoms with Crippen LogP contribution in [0.3, 0.4) is 0 Å². The summed E-state index contributed by atoms with van der Waals surface area (Å²) in [5.41, 5.74) is 0.451. The fourth-order valence-corrected chi connectivity index (χ4v) is 1.83. The van der Waals surface area contributed by atoms with Crippen LogP contribution >= 0.6 is 11.6 Å². The van der Waals surface area contributed by atoms with Crippen molar-refractivity contribution in [2.45, 2.75) is 25.3 Å². The average molecular weight is 296 g/mol. The van der Waals surface area contributed by atoms with Gasteiger partial charge in [-0.2, -0.15) is 0 Å². The monoisotopic (exact) mass is 295 g/mol. The number of carbonyl (C=O) groups excluding carboxylic acids is 2. The quantitative estimate of drug-likeness (QED) is 0.478. The molecule has 0 saturated heterocycles. The molecule has 0 bridgehead atoms. The molecule has 0 aliphatic rings. The van der Waals surface area contributed by atoms with Crippen LogP contribution in [-0.4, -0.2) is 25.0 Å². The topological polar surface area (TPSA) is 55.4 Å². The number of esters is 1. The smallest absolute Gasteiger partial charge is 0.328 e. The Labute approximate surface area is 123 Å². The zero-order chi connectivity index (χ0) is 15.0. The predicted octanol–water partition coefficient (Wildman–Crippen LogP) is 2.97. The summed E-state index contributed by atoms with van der Waals surface area (Å²) in [6, 6.07) is 5.82. The zero-order valence-electron chi connectivity index (χ0n) is 11.4. The Morgan fingerprint density at radius 1 is 1.40 bits per heavy atom. The molecular formula is C15H18ClNO3. The molecule has 1 rings (SSSR count). The molecular weight excluding hydrogens is 278 g/mol. The second kappa shape index (κ2) is 8.38. The third-order valence-corrected chi connectivity index (χ3v) is 3.05. The van der Waals surface area contributed by atoms with Gasteiger partial charge in [-0.15, -0.1) is 6.58 Å². The molecule has 1 aromatic carbocycles. The van der Waals surface area contributed by atoms with Crippen LogP contribution in [-0.2, 0) is 9.53 Å². The molecule has 1 N–H and O–H groups in total. The first-order valence-electron chi connectivity index (χ1n) is 6.33. The normalized spacial score (nSPS) is 11.5. The lowest BCUT2D eigenvalue weighted by Crippen LogP contribution is -2.41. The summed E-state index contributed by atoms with van der Waals surface area (Å²) in [5.74, 6) is -0.771. The first kappa shape index (κ1) is 16.2. The average Bonchev–Trinajstić information content (AvgIpc) is 2.46. The van der Waals surface area contributed by atoms with E-state index in [4.69, 9.17) is 16.3 Å². The van der Waals surface area contributed by atoms with E-state index < -0.39 is 12.0 Å². The van der Waals surface area contributed by atoms with E-state index in [0.29, 0.717) is 17.0 Å². The van der Waals surface area contributed by atoms with Crippen molar-refractivity contribution in [1.29, 1.82) is 0 Å². The third kappa shape index (κ3) is 5.05. The Balaban J connectivity index is 2.67. The summed E-state index contributed by atoms with van der Waals surface area (Å²) in [6.07, 6.45) is 3.82. The maximum atomic E-state index is 12.0. The van der Waals surface area contributed by atoms with E-state index in [0.717, 1.165) is 12.8 Å². The van der Waals surface area contributed by atoms with Gasteiger partial charge in [0.15, 0.2) is 0 Å². The van der Waals surface area contributed by atoms with Crippen LogP contribution in [0.4, 0.5) is 0 Å². The standard InChI is InChI=1S/C15H18ClNO3/c1-3-4-5-6-13(15(19)20-2)17-14(18)11-7-9-12(16)10-8-11/h3,7-10,13H,1,4-6H2,2H3,(H,17,18)/t13-/m1/s1. The molecule has 1 atom stereocenters. The molecule has 0 spiro atoms. The number of allylic oxidation sites excluding steroid dienone is 1. The maximum absolute atomic E-state index is 12.0. The third-order valence-electron chi connectivity index (χ3n) is 2.80. The van der Waals surface area contributed by atoms with Gasteiger partial charge in [-0.3, -0.25) is 4.79 Å². The molecule has 1 aromatic rings. The molecule has 0 saturated carbocycles. The van der Waals surface area contributed by atoms with Gasteiger partial charge in [-0.1, -0.05) is 17.7 Å². The highest BCUT2D eigenvalue weighted by atomic mass is 35.5. The number of carbonyl (C=O) groups is 2. The van der Waals surface area contributed by atoms with Crippen molar-refractivity contribution in [2.75, 3.05) is 7.11 Å². The largest absolute Gasteiger partial charge is 0.467 e. The van der Waals surface area contributed by atoms with Gasteiger partial charge >= 0.3 is 5.97 Å². The minimum Gasteiger partial charge on any atom is -0.467 e. The molecule has 0 aliphatic carbocycles. The first-order chi connectivity index (χ1) is 9.58. The lowest BCUT2D eigenvalue weighted by molar-refractivity contribution is -0.143. The summed E-state index contributed by atoms with van der Waals surface area (Å²) in [5, 5.41) is 3.22. The van der Waals surface area contributed by atoms with Gasteiger partial charge in [0.25, 0.3) is 5.91 Å². The fraction of sp³-hybridized carbons (Fsp3) is 0.333. The molecule has 0 radical (unpaired) electrons. The highest BCUT2D eigenvalue weighted by molar-refractivity contribution is 6.30. The van der Waals surface area contributed by atoms with Crippen molar-refractivity contribution in [1.82, 2.24) is 5.32 Å². The number of nitrogens with one attached hydrogen (secondary N) is 1. The maximum Gasteiger partial charge on any atom is 0.328 e. The van der Waals surface area contributed by atoms with E-state index in [1.54, 1.807) is 30.3 Å². The van der Waals surface area contributed by atoms with Crippen molar-refractivity contribution in [2.24, 2.45) is 0 Å². The Morgan fingerprint density at radius 3 is 2.60 bits per heavy atom. The van der Waals surface area contributed by atoms with Crippen LogP contribution in [0.5, 0.6) is 0 Å². The molecule has 4 nitrogen and oxygen atoms in total. The summed E-state index contributed by atoms with van der Waals surface area (Å²) in [7, 11) is 1.30. The predicted molar refractivity (Wildman–Crippen MR) is 78.8 cm³/mol. The fourth-order valence-electron chi connectivity index (χ4n) is 1.70. The van der Waals surface area contributed by atoms with E-state index in [1.807, 2.05) is 0 Å². The zero-order valence-corrected chi connectivity index (χ0v) is 12.2. The molecule has 20 heavy (non-hydrogen) atoms. The number of hydrogen-bond donors (Lipinski definition) is 1. The number of ether oxygens (including phenoxy) is 1. The Morgan fingerprint density at radius 2 is 2.05 bits per heavy atom. The van der Waals surface area contributed by atoms with Crippen LogP contribution in [0.25, 0.3) is 0 Å². The van der Waals surface area contributed by atoms with Gasteiger partial charge < -0.3 is 10.1 Å². The number of benzene rings is 1. The lowest BCUT2D eigenvalue weighted by Gasteiger charge is -2.16. The van der Waals surface area contributed by atoms with E-state index in [9.17, 15) is 9.59 Å². The van der Waals surface area contributed by atoms with Gasteiger partial charge in [0, 0.05) is 10.6 Å². The Bertz CT molecular complexity index is 471. The second-order valence-corrected chi connectivity index (χ2v) is 4.71. The lowest BCUT2D eigenvalue weighted by atomic mass is 10.1. The van der Waals surface area contributed by atoms with Gasteiger partial charge in [0.05, 0.1) is 7.11 Å². The van der Waals surface area contributed by atoms with Crippen LogP contribution in [0.15, 0.2) is 36.9 Å². The summed E-state index contributed by atoms with van der Waals surface area (Å²) >= 11 is 5.76. The van der Waals surface area contributed by atoms with Gasteiger partial charge in [0.2, 0.25) is 0 Å². The molecule has 0 fully saturated rings. The molecule has 1 amide bonds. The number of rotatable bonds is 7. The summed E-state index contributed by atoms with van der Waals surface area (Å²) < 4.78 is 4.70. The van der Waals surface area contributed by atoms with Crippen LogP contribution in [0.2, 0.25) is 5.02 Å². The number of halogens is 1. The minimum atomic E-state index is -0.650. The van der Waals surface area contributed by atoms with Gasteiger partial charge in [0.1, 0.15) is 6.04 Å². The second-order valence-electron chi connectivity index (χ2n) is 4.28. The van der Waals surface area contributed by atoms with E-state index in [1.165, 1.54) is 7.11 Å². The molecule has 0 aromatic heterocycles. The molecule has 108 valence electrons. The van der Waals surface area contributed by atoms with Gasteiger partial charge in [-0.05, 0) is 43.5 Å². The number of hydrogen-bond acceptors (Lipinski definition) is 3. The van der Waals surface area contributed by atoms with Crippen LogP contribution in [0, 0.1) is 0 Å².